The number of aliphatic hydroxyl groups excluding tert-OH is 12. The van der Waals surface area contributed by atoms with Crippen molar-refractivity contribution in [3.8, 4) is 0 Å². The third-order valence-electron chi connectivity index (χ3n) is 8.03. The maximum Gasteiger partial charge on any atom is 0.187 e. The van der Waals surface area contributed by atoms with Gasteiger partial charge in [-0.3, -0.25) is 0 Å². The molecular formula is C24H42O19. The monoisotopic (exact) mass is 634 g/mol. The van der Waals surface area contributed by atoms with Crippen LogP contribution in [0.15, 0.2) is 0 Å². The van der Waals surface area contributed by atoms with E-state index in [2.05, 4.69) is 0 Å². The van der Waals surface area contributed by atoms with Gasteiger partial charge in [0.05, 0.1) is 32.0 Å². The molecule has 0 amide bonds. The first-order valence-electron chi connectivity index (χ1n) is 13.9. The highest BCUT2D eigenvalue weighted by atomic mass is 16.8. The fourth-order valence-corrected chi connectivity index (χ4v) is 5.47. The first-order valence-corrected chi connectivity index (χ1v) is 13.9. The lowest BCUT2D eigenvalue weighted by molar-refractivity contribution is -0.401. The molecule has 4 heterocycles. The second-order valence-corrected chi connectivity index (χ2v) is 11.0. The van der Waals surface area contributed by atoms with Crippen LogP contribution in [0.4, 0.5) is 0 Å². The number of aliphatic hydroxyl groups is 12. The van der Waals surface area contributed by atoms with Crippen molar-refractivity contribution < 1.29 is 94.4 Å². The van der Waals surface area contributed by atoms with E-state index < -0.39 is 137 Å². The Hall–Kier alpha value is -0.760. The van der Waals surface area contributed by atoms with Crippen molar-refractivity contribution in [1.82, 2.24) is 0 Å². The van der Waals surface area contributed by atoms with Crippen LogP contribution in [0.1, 0.15) is 13.3 Å². The van der Waals surface area contributed by atoms with E-state index in [1.54, 1.807) is 0 Å². The van der Waals surface area contributed by atoms with Crippen LogP contribution in [-0.2, 0) is 33.2 Å². The lowest BCUT2D eigenvalue weighted by atomic mass is 9.95. The van der Waals surface area contributed by atoms with Crippen molar-refractivity contribution in [3.63, 3.8) is 0 Å². The van der Waals surface area contributed by atoms with Crippen LogP contribution in [0.3, 0.4) is 0 Å². The predicted octanol–water partition coefficient (Wildman–Crippen LogP) is -7.69. The van der Waals surface area contributed by atoms with Crippen LogP contribution in [0.5, 0.6) is 0 Å². The SMILES string of the molecule is CC1O[C@@H](OC2C(O[C@H]3OC(CO)[C@H](O)C(O)C3O)[C@@H](O)C(CO)O[C@H]2O[C@H]2C(O)C[C@H](O)OC2CO)C(O)C(O)[C@@H]1O. The Kier molecular flexibility index (Phi) is 12.1. The van der Waals surface area contributed by atoms with E-state index in [-0.39, 0.29) is 6.42 Å². The van der Waals surface area contributed by atoms with E-state index in [1.165, 1.54) is 6.92 Å². The topological polar surface area (TPSA) is 307 Å². The Morgan fingerprint density at radius 3 is 1.58 bits per heavy atom. The van der Waals surface area contributed by atoms with E-state index >= 15 is 0 Å². The van der Waals surface area contributed by atoms with E-state index in [9.17, 15) is 61.3 Å². The summed E-state index contributed by atoms with van der Waals surface area (Å²) in [4.78, 5) is 0. The smallest absolute Gasteiger partial charge is 0.187 e. The lowest BCUT2D eigenvalue weighted by Gasteiger charge is -2.50. The summed E-state index contributed by atoms with van der Waals surface area (Å²) < 4.78 is 39.4. The fourth-order valence-electron chi connectivity index (χ4n) is 5.47. The van der Waals surface area contributed by atoms with Crippen LogP contribution < -0.4 is 0 Å². The van der Waals surface area contributed by atoms with Gasteiger partial charge in [0, 0.05) is 6.42 Å². The first-order chi connectivity index (χ1) is 20.3. The summed E-state index contributed by atoms with van der Waals surface area (Å²) in [6, 6.07) is 0. The first kappa shape index (κ1) is 35.1. The third kappa shape index (κ3) is 7.30. The molecule has 0 bridgehead atoms. The number of ether oxygens (including phenoxy) is 7. The Morgan fingerprint density at radius 2 is 0.977 bits per heavy atom. The van der Waals surface area contributed by atoms with Crippen LogP contribution in [0.25, 0.3) is 0 Å². The van der Waals surface area contributed by atoms with Gasteiger partial charge >= 0.3 is 0 Å². The van der Waals surface area contributed by atoms with Gasteiger partial charge in [-0.05, 0) is 6.92 Å². The molecule has 0 aromatic rings. The van der Waals surface area contributed by atoms with E-state index in [4.69, 9.17) is 33.2 Å². The summed E-state index contributed by atoms with van der Waals surface area (Å²) in [6.45, 7) is -1.02. The molecule has 43 heavy (non-hydrogen) atoms. The molecule has 4 rings (SSSR count). The van der Waals surface area contributed by atoms with E-state index in [0.717, 1.165) is 0 Å². The molecule has 4 fully saturated rings. The number of hydrogen-bond acceptors (Lipinski definition) is 19. The zero-order chi connectivity index (χ0) is 31.7. The molecule has 0 aromatic carbocycles. The third-order valence-corrected chi connectivity index (χ3v) is 8.03. The van der Waals surface area contributed by atoms with Gasteiger partial charge in [-0.2, -0.15) is 0 Å². The summed E-state index contributed by atoms with van der Waals surface area (Å²) >= 11 is 0. The van der Waals surface area contributed by atoms with Gasteiger partial charge in [-0.25, -0.2) is 0 Å². The normalized spacial score (nSPS) is 53.1. The minimum absolute atomic E-state index is 0.345. The van der Waals surface area contributed by atoms with Gasteiger partial charge in [0.1, 0.15) is 79.4 Å². The Labute approximate surface area is 244 Å². The highest BCUT2D eigenvalue weighted by Gasteiger charge is 2.55. The molecular weight excluding hydrogens is 592 g/mol. The molecule has 4 aliphatic heterocycles. The molecule has 4 saturated heterocycles. The van der Waals surface area contributed by atoms with Crippen LogP contribution >= 0.6 is 0 Å². The van der Waals surface area contributed by atoms with Crippen molar-refractivity contribution in [1.29, 1.82) is 0 Å². The van der Waals surface area contributed by atoms with Crippen molar-refractivity contribution in [2.45, 2.75) is 130 Å². The molecule has 252 valence electrons. The molecule has 4 aliphatic rings. The van der Waals surface area contributed by atoms with Crippen molar-refractivity contribution in [2.24, 2.45) is 0 Å². The Morgan fingerprint density at radius 1 is 0.488 bits per heavy atom. The van der Waals surface area contributed by atoms with Crippen LogP contribution in [0.2, 0.25) is 0 Å². The highest BCUT2D eigenvalue weighted by molar-refractivity contribution is 4.97. The van der Waals surface area contributed by atoms with Gasteiger partial charge in [0.15, 0.2) is 25.2 Å². The molecule has 0 aromatic heterocycles. The Bertz CT molecular complexity index is 868. The van der Waals surface area contributed by atoms with Crippen molar-refractivity contribution in [2.75, 3.05) is 19.8 Å². The quantitative estimate of drug-likeness (QED) is 0.112. The molecule has 19 nitrogen and oxygen atoms in total. The minimum atomic E-state index is -1.94. The maximum atomic E-state index is 11.1. The van der Waals surface area contributed by atoms with Gasteiger partial charge in [0.25, 0.3) is 0 Å². The number of hydrogen-bond donors (Lipinski definition) is 12. The standard InChI is InChI=1S/C24H42O19/c1-6-12(30)15(33)17(35)22(37-6)43-21-20(42-23-18(36)16(34)13(31)8(3-25)39-23)14(32)9(4-26)40-24(21)41-19-7(28)2-11(29)38-10(19)5-27/h6-36H,2-5H2,1H3/t6?,7?,8?,9?,10?,11-,12-,13+,14+,15?,16?,17?,18?,19+,20?,21?,22+,23-,24+/m1/s1. The van der Waals surface area contributed by atoms with Crippen molar-refractivity contribution in [3.05, 3.63) is 0 Å². The minimum Gasteiger partial charge on any atom is -0.394 e. The van der Waals surface area contributed by atoms with Gasteiger partial charge < -0.3 is 94.4 Å². The molecule has 12 N–H and O–H groups in total. The second-order valence-electron chi connectivity index (χ2n) is 11.0. The molecule has 19 atom stereocenters. The lowest BCUT2D eigenvalue weighted by Crippen LogP contribution is -2.68. The molecule has 0 spiro atoms. The highest BCUT2D eigenvalue weighted by Crippen LogP contribution is 2.35. The summed E-state index contributed by atoms with van der Waals surface area (Å²) in [5, 5.41) is 123. The number of rotatable bonds is 9. The summed E-state index contributed by atoms with van der Waals surface area (Å²) in [7, 11) is 0. The average Bonchev–Trinajstić information content (AvgIpc) is 2.98. The van der Waals surface area contributed by atoms with Gasteiger partial charge in [-0.1, -0.05) is 0 Å². The maximum absolute atomic E-state index is 11.1. The molecule has 19 heteroatoms. The summed E-state index contributed by atoms with van der Waals surface area (Å²) in [5.41, 5.74) is 0. The summed E-state index contributed by atoms with van der Waals surface area (Å²) in [5.74, 6) is 0. The fraction of sp³-hybridized carbons (Fsp3) is 1.00. The molecule has 0 radical (unpaired) electrons. The molecule has 11 unspecified atom stereocenters. The zero-order valence-electron chi connectivity index (χ0n) is 23.0. The zero-order valence-corrected chi connectivity index (χ0v) is 23.0. The van der Waals surface area contributed by atoms with E-state index in [1.807, 2.05) is 0 Å². The second kappa shape index (κ2) is 14.8. The largest absolute Gasteiger partial charge is 0.394 e. The average molecular weight is 635 g/mol. The van der Waals surface area contributed by atoms with Gasteiger partial charge in [0.2, 0.25) is 0 Å². The van der Waals surface area contributed by atoms with Crippen LogP contribution in [0, 0.1) is 0 Å². The van der Waals surface area contributed by atoms with Gasteiger partial charge in [-0.15, -0.1) is 0 Å². The molecule has 0 saturated carbocycles. The predicted molar refractivity (Wildman–Crippen MR) is 131 cm³/mol. The van der Waals surface area contributed by atoms with E-state index in [0.29, 0.717) is 0 Å². The molecule has 0 aliphatic carbocycles. The Balaban J connectivity index is 1.67. The van der Waals surface area contributed by atoms with Crippen LogP contribution in [-0.4, -0.2) is 198 Å². The van der Waals surface area contributed by atoms with Crippen molar-refractivity contribution >= 4 is 0 Å². The summed E-state index contributed by atoms with van der Waals surface area (Å²) in [6.07, 6.45) is -31.3.